The van der Waals surface area contributed by atoms with Gasteiger partial charge in [-0.25, -0.2) is 0 Å². The van der Waals surface area contributed by atoms with Crippen LogP contribution < -0.4 is 11.1 Å². The predicted octanol–water partition coefficient (Wildman–Crippen LogP) is 2.12. The number of carbonyl (C=O) groups is 1. The van der Waals surface area contributed by atoms with Crippen LogP contribution in [0, 0.1) is 5.92 Å². The van der Waals surface area contributed by atoms with Gasteiger partial charge in [-0.15, -0.1) is 24.8 Å². The molecule has 5 nitrogen and oxygen atoms in total. The summed E-state index contributed by atoms with van der Waals surface area (Å²) >= 11 is 0. The average Bonchev–Trinajstić information content (AvgIpc) is 2.52. The van der Waals surface area contributed by atoms with Crippen LogP contribution in [-0.2, 0) is 0 Å². The minimum atomic E-state index is -0.0619. The van der Waals surface area contributed by atoms with E-state index in [1.165, 1.54) is 0 Å². The molecule has 1 saturated heterocycles. The van der Waals surface area contributed by atoms with Gasteiger partial charge in [0.1, 0.15) is 0 Å². The summed E-state index contributed by atoms with van der Waals surface area (Å²) in [7, 11) is 4.22. The number of carbonyl (C=O) groups excluding carboxylic acids is 1. The largest absolute Gasteiger partial charge is 0.398 e. The minimum Gasteiger partial charge on any atom is -0.398 e. The second-order valence-corrected chi connectivity index (χ2v) is 6.39. The summed E-state index contributed by atoms with van der Waals surface area (Å²) in [5, 5.41) is 3.03. The fourth-order valence-electron chi connectivity index (χ4n) is 2.79. The van der Waals surface area contributed by atoms with E-state index in [1.807, 2.05) is 12.1 Å². The maximum Gasteiger partial charge on any atom is 0.253 e. The Bertz CT molecular complexity index is 491. The maximum atomic E-state index is 12.1. The summed E-state index contributed by atoms with van der Waals surface area (Å²) in [6.07, 6.45) is 2.30. The molecular weight excluding hydrogens is 347 g/mol. The third-order valence-electron chi connectivity index (χ3n) is 4.33. The van der Waals surface area contributed by atoms with Gasteiger partial charge >= 0.3 is 0 Å². The predicted molar refractivity (Wildman–Crippen MR) is 105 cm³/mol. The van der Waals surface area contributed by atoms with Crippen LogP contribution >= 0.6 is 24.8 Å². The lowest BCUT2D eigenvalue weighted by Gasteiger charge is -2.32. The van der Waals surface area contributed by atoms with Crippen molar-refractivity contribution in [3.63, 3.8) is 0 Å². The zero-order valence-electron chi connectivity index (χ0n) is 14.5. The van der Waals surface area contributed by atoms with Crippen LogP contribution in [0.25, 0.3) is 0 Å². The smallest absolute Gasteiger partial charge is 0.253 e. The molecule has 138 valence electrons. The highest BCUT2D eigenvalue weighted by atomic mass is 35.5. The number of para-hydroxylation sites is 1. The molecule has 1 amide bonds. The van der Waals surface area contributed by atoms with Crippen LogP contribution in [0.15, 0.2) is 24.3 Å². The number of nitrogen functional groups attached to an aromatic ring is 1. The molecule has 1 fully saturated rings. The van der Waals surface area contributed by atoms with E-state index in [0.717, 1.165) is 45.6 Å². The molecular formula is C17H30Cl2N4O. The number of likely N-dealkylation sites (tertiary alicyclic amines) is 1. The van der Waals surface area contributed by atoms with Crippen molar-refractivity contribution in [1.29, 1.82) is 0 Å². The molecule has 0 bridgehead atoms. The van der Waals surface area contributed by atoms with E-state index >= 15 is 0 Å². The first kappa shape index (κ1) is 23.0. The number of nitrogens with two attached hydrogens (primary N) is 1. The molecule has 1 aromatic carbocycles. The van der Waals surface area contributed by atoms with Gasteiger partial charge in [0.15, 0.2) is 0 Å². The van der Waals surface area contributed by atoms with Crippen molar-refractivity contribution < 1.29 is 4.79 Å². The van der Waals surface area contributed by atoms with Crippen LogP contribution in [0.5, 0.6) is 0 Å². The van der Waals surface area contributed by atoms with Gasteiger partial charge in [0.2, 0.25) is 0 Å². The summed E-state index contributed by atoms with van der Waals surface area (Å²) in [6, 6.07) is 7.22. The topological polar surface area (TPSA) is 61.6 Å². The Morgan fingerprint density at radius 1 is 1.25 bits per heavy atom. The summed E-state index contributed by atoms with van der Waals surface area (Å²) in [6.45, 7) is 5.24. The van der Waals surface area contributed by atoms with Crippen LogP contribution in [0.4, 0.5) is 5.69 Å². The van der Waals surface area contributed by atoms with Gasteiger partial charge in [0.05, 0.1) is 5.56 Å². The third-order valence-corrected chi connectivity index (χ3v) is 4.33. The molecule has 3 N–H and O–H groups in total. The third kappa shape index (κ3) is 7.26. The second-order valence-electron chi connectivity index (χ2n) is 6.39. The van der Waals surface area contributed by atoms with E-state index in [4.69, 9.17) is 5.73 Å². The number of nitrogens with zero attached hydrogens (tertiary/aromatic N) is 2. The van der Waals surface area contributed by atoms with Crippen molar-refractivity contribution in [1.82, 2.24) is 15.1 Å². The number of benzene rings is 1. The van der Waals surface area contributed by atoms with Gasteiger partial charge in [-0.05, 0) is 58.1 Å². The monoisotopic (exact) mass is 376 g/mol. The Kier molecular flexibility index (Phi) is 11.0. The Balaban J connectivity index is 0.00000264. The van der Waals surface area contributed by atoms with Crippen LogP contribution in [-0.4, -0.2) is 62.5 Å². The quantitative estimate of drug-likeness (QED) is 0.746. The highest BCUT2D eigenvalue weighted by molar-refractivity contribution is 5.99. The summed E-state index contributed by atoms with van der Waals surface area (Å²) in [4.78, 5) is 16.9. The molecule has 1 aliphatic heterocycles. The zero-order valence-corrected chi connectivity index (χ0v) is 16.2. The number of hydrogen-bond acceptors (Lipinski definition) is 4. The van der Waals surface area contributed by atoms with Crippen LogP contribution in [0.1, 0.15) is 23.2 Å². The average molecular weight is 377 g/mol. The zero-order chi connectivity index (χ0) is 15.9. The summed E-state index contributed by atoms with van der Waals surface area (Å²) in [5.41, 5.74) is 6.95. The van der Waals surface area contributed by atoms with Crippen molar-refractivity contribution in [2.75, 3.05) is 52.6 Å². The van der Waals surface area contributed by atoms with Crippen molar-refractivity contribution >= 4 is 36.4 Å². The Morgan fingerprint density at radius 2 is 1.88 bits per heavy atom. The number of anilines is 1. The second kappa shape index (κ2) is 11.5. The van der Waals surface area contributed by atoms with E-state index in [9.17, 15) is 4.79 Å². The van der Waals surface area contributed by atoms with Gasteiger partial charge in [-0.3, -0.25) is 4.79 Å². The molecule has 2 rings (SSSR count). The summed E-state index contributed by atoms with van der Waals surface area (Å²) in [5.74, 6) is 0.512. The lowest BCUT2D eigenvalue weighted by Crippen LogP contribution is -2.41. The van der Waals surface area contributed by atoms with Gasteiger partial charge < -0.3 is 20.9 Å². The Labute approximate surface area is 157 Å². The van der Waals surface area contributed by atoms with Gasteiger partial charge in [-0.2, -0.15) is 0 Å². The fourth-order valence-corrected chi connectivity index (χ4v) is 2.79. The number of amides is 1. The van der Waals surface area contributed by atoms with E-state index < -0.39 is 0 Å². The van der Waals surface area contributed by atoms with Crippen molar-refractivity contribution in [2.45, 2.75) is 12.8 Å². The van der Waals surface area contributed by atoms with Gasteiger partial charge in [0.25, 0.3) is 5.91 Å². The van der Waals surface area contributed by atoms with Gasteiger partial charge in [0, 0.05) is 25.3 Å². The van der Waals surface area contributed by atoms with E-state index in [0.29, 0.717) is 17.2 Å². The molecule has 1 aromatic rings. The first-order valence-electron chi connectivity index (χ1n) is 8.06. The number of nitrogens with one attached hydrogen (secondary N) is 1. The number of piperidine rings is 1. The summed E-state index contributed by atoms with van der Waals surface area (Å²) < 4.78 is 0. The number of hydrogen-bond donors (Lipinski definition) is 2. The molecule has 0 aromatic heterocycles. The number of rotatable bonds is 6. The molecule has 0 unspecified atom stereocenters. The first-order chi connectivity index (χ1) is 10.6. The van der Waals surface area contributed by atoms with Crippen molar-refractivity contribution in [3.8, 4) is 0 Å². The molecule has 1 heterocycles. The molecule has 24 heavy (non-hydrogen) atoms. The maximum absolute atomic E-state index is 12.1. The molecule has 1 aliphatic rings. The lowest BCUT2D eigenvalue weighted by atomic mass is 9.96. The Morgan fingerprint density at radius 3 is 2.46 bits per heavy atom. The molecule has 7 heteroatoms. The number of likely N-dealkylation sites (N-methyl/N-ethyl adjacent to an activating group) is 1. The molecule has 0 atom stereocenters. The minimum absolute atomic E-state index is 0. The molecule has 0 spiro atoms. The van der Waals surface area contributed by atoms with Gasteiger partial charge in [-0.1, -0.05) is 12.1 Å². The fraction of sp³-hybridized carbons (Fsp3) is 0.588. The normalized spacial score (nSPS) is 15.5. The Hall–Kier alpha value is -1.01. The number of halogens is 2. The van der Waals surface area contributed by atoms with E-state index in [1.54, 1.807) is 12.1 Å². The lowest BCUT2D eigenvalue weighted by molar-refractivity contribution is 0.0936. The van der Waals surface area contributed by atoms with Crippen molar-refractivity contribution in [3.05, 3.63) is 29.8 Å². The van der Waals surface area contributed by atoms with Crippen molar-refractivity contribution in [2.24, 2.45) is 5.92 Å². The SMILES string of the molecule is CN(C)CCN1CCC(CNC(=O)c2ccccc2N)CC1.Cl.Cl. The molecule has 0 aliphatic carbocycles. The van der Waals surface area contributed by atoms with Crippen LogP contribution in [0.2, 0.25) is 0 Å². The van der Waals surface area contributed by atoms with E-state index in [2.05, 4.69) is 29.2 Å². The highest BCUT2D eigenvalue weighted by Crippen LogP contribution is 2.17. The molecule has 0 radical (unpaired) electrons. The van der Waals surface area contributed by atoms with Crippen LogP contribution in [0.3, 0.4) is 0 Å². The van der Waals surface area contributed by atoms with E-state index in [-0.39, 0.29) is 30.7 Å². The first-order valence-corrected chi connectivity index (χ1v) is 8.06. The highest BCUT2D eigenvalue weighted by Gasteiger charge is 2.20. The molecule has 0 saturated carbocycles. The standard InChI is InChI=1S/C17H28N4O.2ClH/c1-20(2)11-12-21-9-7-14(8-10-21)13-19-17(22)15-5-3-4-6-16(15)18;;/h3-6,14H,7-13,18H2,1-2H3,(H,19,22);2*1H.